The molecule has 1 aromatic carbocycles. The Kier molecular flexibility index (Phi) is 4.27. The number of halogens is 1. The number of rotatable bonds is 3. The van der Waals surface area contributed by atoms with Crippen LogP contribution in [0.2, 0.25) is 5.02 Å². The van der Waals surface area contributed by atoms with Gasteiger partial charge in [0.1, 0.15) is 17.7 Å². The van der Waals surface area contributed by atoms with Crippen molar-refractivity contribution < 1.29 is 9.72 Å². The van der Waals surface area contributed by atoms with Crippen molar-refractivity contribution in [3.8, 4) is 29.1 Å². The molecule has 0 fully saturated rings. The van der Waals surface area contributed by atoms with Gasteiger partial charge < -0.3 is 4.74 Å². The van der Waals surface area contributed by atoms with Gasteiger partial charge in [0.25, 0.3) is 5.82 Å². The summed E-state index contributed by atoms with van der Waals surface area (Å²) < 4.78 is 5.40. The predicted octanol–water partition coefficient (Wildman–Crippen LogP) is 2.55. The second-order valence-corrected chi connectivity index (χ2v) is 4.54. The number of nitrogen functional groups attached to an aromatic ring is 1. The number of nitrogens with one attached hydrogen (secondary N) is 1. The summed E-state index contributed by atoms with van der Waals surface area (Å²) in [5, 5.41) is 19.2. The highest BCUT2D eigenvalue weighted by Crippen LogP contribution is 2.36. The zero-order chi connectivity index (χ0) is 15.4. The molecule has 0 amide bonds. The van der Waals surface area contributed by atoms with E-state index in [1.54, 1.807) is 31.2 Å². The van der Waals surface area contributed by atoms with Crippen LogP contribution in [0.1, 0.15) is 18.1 Å². The van der Waals surface area contributed by atoms with Crippen LogP contribution in [-0.2, 0) is 0 Å². The number of nitrogens with zero attached hydrogens (tertiary/aromatic N) is 2. The lowest BCUT2D eigenvalue weighted by Crippen LogP contribution is -2.19. The monoisotopic (exact) mass is 299 g/mol. The number of ether oxygens (including phenoxy) is 1. The average molecular weight is 300 g/mol. The van der Waals surface area contributed by atoms with E-state index in [0.29, 0.717) is 22.8 Å². The van der Waals surface area contributed by atoms with Gasteiger partial charge in [0, 0.05) is 16.1 Å². The molecule has 6 heteroatoms. The first-order chi connectivity index (χ1) is 10.1. The van der Waals surface area contributed by atoms with Gasteiger partial charge in [-0.05, 0) is 13.0 Å². The zero-order valence-electron chi connectivity index (χ0n) is 11.3. The molecule has 21 heavy (non-hydrogen) atoms. The number of aromatic amines is 1. The van der Waals surface area contributed by atoms with Crippen LogP contribution in [0.25, 0.3) is 11.1 Å². The molecule has 0 aliphatic rings. The fourth-order valence-corrected chi connectivity index (χ4v) is 2.26. The molecule has 0 radical (unpaired) electrons. The molecule has 1 heterocycles. The van der Waals surface area contributed by atoms with Crippen LogP contribution in [0.15, 0.2) is 24.3 Å². The van der Waals surface area contributed by atoms with E-state index in [1.807, 2.05) is 6.07 Å². The Morgan fingerprint density at radius 2 is 1.90 bits per heavy atom. The summed E-state index contributed by atoms with van der Waals surface area (Å²) in [5.41, 5.74) is 7.18. The molecule has 0 aliphatic carbocycles. The predicted molar refractivity (Wildman–Crippen MR) is 78.5 cm³/mol. The van der Waals surface area contributed by atoms with Crippen LogP contribution in [-0.4, -0.2) is 6.61 Å². The summed E-state index contributed by atoms with van der Waals surface area (Å²) in [6.07, 6.45) is 0. The van der Waals surface area contributed by atoms with Gasteiger partial charge >= 0.3 is 5.88 Å². The van der Waals surface area contributed by atoms with Crippen molar-refractivity contribution in [2.24, 2.45) is 0 Å². The molecule has 0 unspecified atom stereocenters. The van der Waals surface area contributed by atoms with Crippen molar-refractivity contribution in [1.82, 2.24) is 0 Å². The van der Waals surface area contributed by atoms with Gasteiger partial charge in [-0.3, -0.25) is 5.73 Å². The Bertz CT molecular complexity index is 774. The van der Waals surface area contributed by atoms with Gasteiger partial charge in [0.05, 0.1) is 6.61 Å². The zero-order valence-corrected chi connectivity index (χ0v) is 12.0. The molecule has 104 valence electrons. The summed E-state index contributed by atoms with van der Waals surface area (Å²) in [6.45, 7) is 2.15. The maximum atomic E-state index is 9.45. The Morgan fingerprint density at radius 1 is 1.24 bits per heavy atom. The van der Waals surface area contributed by atoms with Gasteiger partial charge in [-0.2, -0.15) is 10.5 Å². The number of hydrogen-bond acceptors (Lipinski definition) is 4. The van der Waals surface area contributed by atoms with Crippen LogP contribution in [0.4, 0.5) is 5.82 Å². The van der Waals surface area contributed by atoms with Crippen LogP contribution in [0.3, 0.4) is 0 Å². The third kappa shape index (κ3) is 2.60. The number of benzene rings is 1. The minimum atomic E-state index is 0.134. The van der Waals surface area contributed by atoms with Crippen molar-refractivity contribution >= 4 is 17.4 Å². The first kappa shape index (κ1) is 14.6. The smallest absolute Gasteiger partial charge is 0.301 e. The molecule has 1 aromatic heterocycles. The first-order valence-electron chi connectivity index (χ1n) is 6.20. The number of hydrogen-bond donors (Lipinski definition) is 1. The van der Waals surface area contributed by atoms with Gasteiger partial charge in [0.2, 0.25) is 0 Å². The number of aromatic nitrogens is 1. The molecule has 0 aliphatic heterocycles. The molecular formula is C15H12ClN4O+. The molecule has 0 spiro atoms. The van der Waals surface area contributed by atoms with Crippen LogP contribution >= 0.6 is 11.6 Å². The minimum Gasteiger partial charge on any atom is -0.462 e. The maximum absolute atomic E-state index is 9.45. The van der Waals surface area contributed by atoms with Gasteiger partial charge in [0.15, 0.2) is 5.56 Å². The van der Waals surface area contributed by atoms with E-state index in [-0.39, 0.29) is 22.8 Å². The van der Waals surface area contributed by atoms with Crippen LogP contribution < -0.4 is 15.5 Å². The molecule has 0 bridgehead atoms. The van der Waals surface area contributed by atoms with Crippen molar-refractivity contribution in [1.29, 1.82) is 10.5 Å². The van der Waals surface area contributed by atoms with Crippen LogP contribution in [0, 0.1) is 22.7 Å². The Labute approximate surface area is 127 Å². The van der Waals surface area contributed by atoms with Crippen molar-refractivity contribution in [2.45, 2.75) is 6.92 Å². The largest absolute Gasteiger partial charge is 0.462 e. The highest BCUT2D eigenvalue weighted by Gasteiger charge is 2.25. The van der Waals surface area contributed by atoms with Crippen molar-refractivity contribution in [3.63, 3.8) is 0 Å². The average Bonchev–Trinajstić information content (AvgIpc) is 2.47. The number of H-pyrrole nitrogens is 1. The fourth-order valence-electron chi connectivity index (χ4n) is 2.03. The summed E-state index contributed by atoms with van der Waals surface area (Å²) in [4.78, 5) is 2.74. The molecule has 2 rings (SSSR count). The first-order valence-corrected chi connectivity index (χ1v) is 6.58. The van der Waals surface area contributed by atoms with E-state index in [1.165, 1.54) is 0 Å². The quantitative estimate of drug-likeness (QED) is 0.941. The number of pyridine rings is 1. The second-order valence-electron chi connectivity index (χ2n) is 4.13. The molecule has 0 saturated heterocycles. The number of nitrogens with two attached hydrogens (primary N) is 1. The third-order valence-corrected chi connectivity index (χ3v) is 3.23. The highest BCUT2D eigenvalue weighted by atomic mass is 35.5. The standard InChI is InChI=1S/C15H11ClN4O/c1-2-21-15-11(8-18)13(10(7-17)14(19)20-15)9-5-3-4-6-12(9)16/h3-6H,2H2,1H3,(H2,19,20)/p+1. The molecule has 0 saturated carbocycles. The normalized spacial score (nSPS) is 9.71. The maximum Gasteiger partial charge on any atom is 0.301 e. The summed E-state index contributed by atoms with van der Waals surface area (Å²) in [7, 11) is 0. The van der Waals surface area contributed by atoms with E-state index in [4.69, 9.17) is 22.1 Å². The SMILES string of the molecule is CCOc1[nH+]c(N)c(C#N)c(-c2ccccc2Cl)c1C#N. The van der Waals surface area contributed by atoms with Gasteiger partial charge in [-0.1, -0.05) is 29.8 Å². The van der Waals surface area contributed by atoms with E-state index < -0.39 is 0 Å². The number of anilines is 1. The van der Waals surface area contributed by atoms with E-state index in [0.717, 1.165) is 0 Å². The van der Waals surface area contributed by atoms with E-state index in [2.05, 4.69) is 11.1 Å². The molecule has 0 atom stereocenters. The second kappa shape index (κ2) is 6.13. The van der Waals surface area contributed by atoms with Gasteiger partial charge in [-0.25, -0.2) is 4.98 Å². The Hall–Kier alpha value is -2.76. The molecule has 5 nitrogen and oxygen atoms in total. The lowest BCUT2D eigenvalue weighted by molar-refractivity contribution is -0.377. The highest BCUT2D eigenvalue weighted by molar-refractivity contribution is 6.33. The van der Waals surface area contributed by atoms with E-state index >= 15 is 0 Å². The topological polar surface area (TPSA) is 97.0 Å². The molecular weight excluding hydrogens is 288 g/mol. The number of nitriles is 2. The van der Waals surface area contributed by atoms with Gasteiger partial charge in [-0.15, -0.1) is 0 Å². The minimum absolute atomic E-state index is 0.134. The van der Waals surface area contributed by atoms with Crippen LogP contribution in [0.5, 0.6) is 5.88 Å². The van der Waals surface area contributed by atoms with E-state index in [9.17, 15) is 10.5 Å². The molecule has 2 aromatic rings. The Morgan fingerprint density at radius 3 is 2.48 bits per heavy atom. The lowest BCUT2D eigenvalue weighted by Gasteiger charge is -2.11. The lowest BCUT2D eigenvalue weighted by atomic mass is 9.96. The fraction of sp³-hybridized carbons (Fsp3) is 0.133. The summed E-state index contributed by atoms with van der Waals surface area (Å²) in [6, 6.07) is 11.0. The Balaban J connectivity index is 2.89. The summed E-state index contributed by atoms with van der Waals surface area (Å²) >= 11 is 6.19. The summed E-state index contributed by atoms with van der Waals surface area (Å²) in [5.74, 6) is 0.362. The molecule has 3 N–H and O–H groups in total. The van der Waals surface area contributed by atoms with Crippen molar-refractivity contribution in [2.75, 3.05) is 12.3 Å². The van der Waals surface area contributed by atoms with Crippen molar-refractivity contribution in [3.05, 3.63) is 40.4 Å². The third-order valence-electron chi connectivity index (χ3n) is 2.90.